The van der Waals surface area contributed by atoms with E-state index >= 15 is 0 Å². The number of alkyl halides is 1. The van der Waals surface area contributed by atoms with Gasteiger partial charge in [0.2, 0.25) is 0 Å². The number of nitrogens with zero attached hydrogens (tertiary/aromatic N) is 1. The molecule has 0 aliphatic rings. The van der Waals surface area contributed by atoms with Gasteiger partial charge in [0.15, 0.2) is 0 Å². The standard InChI is InChI=1S/C9H12ClNS/c10-7-4-8-11(12)9-5-2-1-3-6-9/h1-3,5-6,12H,4,7-8H2. The summed E-state index contributed by atoms with van der Waals surface area (Å²) in [4.78, 5) is 0. The fourth-order valence-electron chi connectivity index (χ4n) is 0.939. The molecule has 0 aliphatic heterocycles. The maximum absolute atomic E-state index is 5.57. The number of rotatable bonds is 4. The molecule has 0 amide bonds. The Morgan fingerprint density at radius 3 is 2.50 bits per heavy atom. The van der Waals surface area contributed by atoms with Crippen LogP contribution in [0, 0.1) is 0 Å². The molecule has 0 radical (unpaired) electrons. The van der Waals surface area contributed by atoms with Crippen LogP contribution >= 0.6 is 24.4 Å². The van der Waals surface area contributed by atoms with E-state index in [1.807, 2.05) is 34.6 Å². The highest BCUT2D eigenvalue weighted by Crippen LogP contribution is 2.15. The number of hydrogen-bond donors (Lipinski definition) is 1. The first-order chi connectivity index (χ1) is 5.84. The van der Waals surface area contributed by atoms with E-state index in [1.165, 1.54) is 0 Å². The third kappa shape index (κ3) is 2.95. The van der Waals surface area contributed by atoms with Crippen molar-refractivity contribution in [1.29, 1.82) is 0 Å². The molecule has 0 atom stereocenters. The summed E-state index contributed by atoms with van der Waals surface area (Å²) in [6.45, 7) is 0.886. The lowest BCUT2D eigenvalue weighted by atomic mass is 10.3. The van der Waals surface area contributed by atoms with Crippen molar-refractivity contribution < 1.29 is 0 Å². The van der Waals surface area contributed by atoms with Crippen LogP contribution in [0.25, 0.3) is 0 Å². The molecule has 0 spiro atoms. The monoisotopic (exact) mass is 201 g/mol. The van der Waals surface area contributed by atoms with E-state index in [4.69, 9.17) is 11.6 Å². The zero-order valence-corrected chi connectivity index (χ0v) is 8.43. The first-order valence-corrected chi connectivity index (χ1v) is 4.85. The second kappa shape index (κ2) is 5.33. The minimum Gasteiger partial charge on any atom is -0.319 e. The average Bonchev–Trinajstić information content (AvgIpc) is 2.15. The van der Waals surface area contributed by atoms with Crippen molar-refractivity contribution in [2.45, 2.75) is 6.42 Å². The van der Waals surface area contributed by atoms with Gasteiger partial charge in [0.05, 0.1) is 0 Å². The lowest BCUT2D eigenvalue weighted by Crippen LogP contribution is -2.11. The Bertz CT molecular complexity index is 215. The third-order valence-corrected chi connectivity index (χ3v) is 2.26. The van der Waals surface area contributed by atoms with Crippen LogP contribution in [0.5, 0.6) is 0 Å². The zero-order valence-electron chi connectivity index (χ0n) is 6.78. The van der Waals surface area contributed by atoms with E-state index < -0.39 is 0 Å². The highest BCUT2D eigenvalue weighted by atomic mass is 35.5. The molecular weight excluding hydrogens is 190 g/mol. The van der Waals surface area contributed by atoms with Crippen molar-refractivity contribution in [3.63, 3.8) is 0 Å². The van der Waals surface area contributed by atoms with E-state index in [0.29, 0.717) is 5.88 Å². The lowest BCUT2D eigenvalue weighted by molar-refractivity contribution is 0.940. The molecule has 0 N–H and O–H groups in total. The molecule has 0 unspecified atom stereocenters. The molecule has 0 fully saturated rings. The number of halogens is 1. The Morgan fingerprint density at radius 2 is 1.92 bits per heavy atom. The first kappa shape index (κ1) is 9.75. The van der Waals surface area contributed by atoms with Gasteiger partial charge < -0.3 is 4.31 Å². The Balaban J connectivity index is 2.48. The summed E-state index contributed by atoms with van der Waals surface area (Å²) < 4.78 is 1.91. The molecule has 1 rings (SSSR count). The quantitative estimate of drug-likeness (QED) is 0.579. The fraction of sp³-hybridized carbons (Fsp3) is 0.333. The molecular formula is C9H12ClNS. The molecule has 3 heteroatoms. The van der Waals surface area contributed by atoms with Crippen LogP contribution in [0.3, 0.4) is 0 Å². The topological polar surface area (TPSA) is 3.24 Å². The number of thiol groups is 1. The molecule has 0 bridgehead atoms. The van der Waals surface area contributed by atoms with Gasteiger partial charge in [-0.3, -0.25) is 0 Å². The Morgan fingerprint density at radius 1 is 1.25 bits per heavy atom. The number of para-hydroxylation sites is 1. The van der Waals surface area contributed by atoms with Crippen LogP contribution in [-0.2, 0) is 0 Å². The van der Waals surface area contributed by atoms with E-state index in [0.717, 1.165) is 18.7 Å². The van der Waals surface area contributed by atoms with Gasteiger partial charge in [-0.1, -0.05) is 31.0 Å². The number of benzene rings is 1. The minimum absolute atomic E-state index is 0.684. The number of hydrogen-bond acceptors (Lipinski definition) is 2. The highest BCUT2D eigenvalue weighted by Gasteiger charge is 1.98. The van der Waals surface area contributed by atoms with Crippen molar-refractivity contribution in [2.75, 3.05) is 16.7 Å². The summed E-state index contributed by atoms with van der Waals surface area (Å²) in [5, 5.41) is 0. The van der Waals surface area contributed by atoms with Crippen molar-refractivity contribution in [3.8, 4) is 0 Å². The van der Waals surface area contributed by atoms with Gasteiger partial charge in [-0.05, 0) is 18.6 Å². The van der Waals surface area contributed by atoms with Gasteiger partial charge in [-0.25, -0.2) is 0 Å². The van der Waals surface area contributed by atoms with Crippen LogP contribution in [0.2, 0.25) is 0 Å². The molecule has 0 saturated heterocycles. The molecule has 0 aromatic heterocycles. The summed E-state index contributed by atoms with van der Waals surface area (Å²) in [5.74, 6) is 0.684. The summed E-state index contributed by atoms with van der Waals surface area (Å²) in [6, 6.07) is 10.0. The Labute approximate surface area is 83.9 Å². The average molecular weight is 202 g/mol. The summed E-state index contributed by atoms with van der Waals surface area (Å²) >= 11 is 9.90. The largest absolute Gasteiger partial charge is 0.319 e. The van der Waals surface area contributed by atoms with Crippen LogP contribution in [0.1, 0.15) is 6.42 Å². The van der Waals surface area contributed by atoms with Crippen molar-refractivity contribution in [1.82, 2.24) is 0 Å². The van der Waals surface area contributed by atoms with Crippen molar-refractivity contribution in [3.05, 3.63) is 30.3 Å². The van der Waals surface area contributed by atoms with Crippen LogP contribution in [-0.4, -0.2) is 12.4 Å². The second-order valence-electron chi connectivity index (χ2n) is 2.50. The van der Waals surface area contributed by atoms with Gasteiger partial charge in [-0.15, -0.1) is 11.6 Å². The van der Waals surface area contributed by atoms with E-state index in [1.54, 1.807) is 0 Å². The number of anilines is 1. The van der Waals surface area contributed by atoms with Gasteiger partial charge in [0.1, 0.15) is 0 Å². The van der Waals surface area contributed by atoms with Crippen LogP contribution in [0.4, 0.5) is 5.69 Å². The maximum Gasteiger partial charge on any atom is 0.0467 e. The fourth-order valence-corrected chi connectivity index (χ4v) is 1.33. The SMILES string of the molecule is SN(CCCCl)c1ccccc1. The first-order valence-electron chi connectivity index (χ1n) is 3.92. The predicted molar refractivity (Wildman–Crippen MR) is 58.1 cm³/mol. The molecule has 0 heterocycles. The van der Waals surface area contributed by atoms with Crippen molar-refractivity contribution >= 4 is 30.1 Å². The Kier molecular flexibility index (Phi) is 4.33. The summed E-state index contributed by atoms with van der Waals surface area (Å²) in [7, 11) is 0. The van der Waals surface area contributed by atoms with Gasteiger partial charge >= 0.3 is 0 Å². The van der Waals surface area contributed by atoms with Crippen LogP contribution in [0.15, 0.2) is 30.3 Å². The zero-order chi connectivity index (χ0) is 8.81. The predicted octanol–water partition coefficient (Wildman–Crippen LogP) is 2.97. The van der Waals surface area contributed by atoms with E-state index in [2.05, 4.69) is 12.8 Å². The van der Waals surface area contributed by atoms with Gasteiger partial charge in [0, 0.05) is 18.1 Å². The molecule has 1 aromatic carbocycles. The van der Waals surface area contributed by atoms with Crippen molar-refractivity contribution in [2.24, 2.45) is 0 Å². The lowest BCUT2D eigenvalue weighted by Gasteiger charge is -2.16. The molecule has 0 aliphatic carbocycles. The molecule has 0 saturated carbocycles. The Hall–Kier alpha value is -0.340. The normalized spacial score (nSPS) is 9.83. The maximum atomic E-state index is 5.57. The smallest absolute Gasteiger partial charge is 0.0467 e. The van der Waals surface area contributed by atoms with Crippen LogP contribution < -0.4 is 4.31 Å². The van der Waals surface area contributed by atoms with E-state index in [-0.39, 0.29) is 0 Å². The van der Waals surface area contributed by atoms with E-state index in [9.17, 15) is 0 Å². The molecule has 1 nitrogen and oxygen atoms in total. The molecule has 12 heavy (non-hydrogen) atoms. The summed E-state index contributed by atoms with van der Waals surface area (Å²) in [6.07, 6.45) is 0.958. The van der Waals surface area contributed by atoms with Gasteiger partial charge in [-0.2, -0.15) is 0 Å². The van der Waals surface area contributed by atoms with Gasteiger partial charge in [0.25, 0.3) is 0 Å². The third-order valence-electron chi connectivity index (χ3n) is 1.56. The molecule has 1 aromatic rings. The highest BCUT2D eigenvalue weighted by molar-refractivity contribution is 7.81. The molecule has 66 valence electrons. The second-order valence-corrected chi connectivity index (χ2v) is 3.36. The minimum atomic E-state index is 0.684. The summed E-state index contributed by atoms with van der Waals surface area (Å²) in [5.41, 5.74) is 1.12.